The predicted octanol–water partition coefficient (Wildman–Crippen LogP) is 2.69. The first-order chi connectivity index (χ1) is 9.58. The SMILES string of the molecule is CCN(CC)C(C(=O)O)c1cc(Br)c2c(c1)OCCO2. The van der Waals surface area contributed by atoms with Crippen LogP contribution in [0.4, 0.5) is 0 Å². The monoisotopic (exact) mass is 343 g/mol. The third-order valence-corrected chi connectivity index (χ3v) is 3.94. The summed E-state index contributed by atoms with van der Waals surface area (Å²) in [7, 11) is 0. The molecule has 110 valence electrons. The second kappa shape index (κ2) is 6.45. The molecule has 1 aromatic carbocycles. The zero-order valence-electron chi connectivity index (χ0n) is 11.6. The number of aliphatic carboxylic acids is 1. The molecule has 0 bridgehead atoms. The molecule has 1 atom stereocenters. The van der Waals surface area contributed by atoms with E-state index in [2.05, 4.69) is 15.9 Å². The maximum Gasteiger partial charge on any atom is 0.325 e. The van der Waals surface area contributed by atoms with E-state index in [4.69, 9.17) is 9.47 Å². The van der Waals surface area contributed by atoms with Gasteiger partial charge in [-0.1, -0.05) is 13.8 Å². The molecule has 1 heterocycles. The Morgan fingerprint density at radius 3 is 2.60 bits per heavy atom. The Morgan fingerprint density at radius 1 is 1.35 bits per heavy atom. The van der Waals surface area contributed by atoms with Crippen LogP contribution in [0.2, 0.25) is 0 Å². The third-order valence-electron chi connectivity index (χ3n) is 3.35. The van der Waals surface area contributed by atoms with Crippen molar-refractivity contribution in [3.05, 3.63) is 22.2 Å². The summed E-state index contributed by atoms with van der Waals surface area (Å²) in [6, 6.07) is 2.87. The summed E-state index contributed by atoms with van der Waals surface area (Å²) in [5, 5.41) is 9.53. The van der Waals surface area contributed by atoms with E-state index >= 15 is 0 Å². The second-order valence-electron chi connectivity index (χ2n) is 4.49. The van der Waals surface area contributed by atoms with Crippen LogP contribution in [0.1, 0.15) is 25.5 Å². The van der Waals surface area contributed by atoms with Crippen LogP contribution >= 0.6 is 15.9 Å². The van der Waals surface area contributed by atoms with Crippen molar-refractivity contribution in [2.45, 2.75) is 19.9 Å². The number of nitrogens with zero attached hydrogens (tertiary/aromatic N) is 1. The molecule has 1 aromatic rings. The van der Waals surface area contributed by atoms with Gasteiger partial charge in [-0.25, -0.2) is 0 Å². The molecule has 0 aliphatic carbocycles. The Hall–Kier alpha value is -1.27. The van der Waals surface area contributed by atoms with Gasteiger partial charge >= 0.3 is 5.97 Å². The minimum Gasteiger partial charge on any atom is -0.486 e. The van der Waals surface area contributed by atoms with Gasteiger partial charge in [0.05, 0.1) is 4.47 Å². The highest BCUT2D eigenvalue weighted by Gasteiger charge is 2.28. The van der Waals surface area contributed by atoms with Crippen molar-refractivity contribution in [1.82, 2.24) is 4.90 Å². The molecule has 6 heteroatoms. The number of benzene rings is 1. The lowest BCUT2D eigenvalue weighted by Gasteiger charge is -2.28. The molecule has 2 rings (SSSR count). The third kappa shape index (κ3) is 2.91. The van der Waals surface area contributed by atoms with Crippen LogP contribution in [0.25, 0.3) is 0 Å². The predicted molar refractivity (Wildman–Crippen MR) is 78.4 cm³/mol. The maximum absolute atomic E-state index is 11.6. The van der Waals surface area contributed by atoms with Gasteiger partial charge in [0.2, 0.25) is 0 Å². The molecule has 0 aromatic heterocycles. The van der Waals surface area contributed by atoms with Crippen LogP contribution in [0.15, 0.2) is 16.6 Å². The van der Waals surface area contributed by atoms with E-state index in [0.29, 0.717) is 43.4 Å². The number of rotatable bonds is 5. The molecule has 5 nitrogen and oxygen atoms in total. The van der Waals surface area contributed by atoms with Gasteiger partial charge in [-0.05, 0) is 46.7 Å². The highest BCUT2D eigenvalue weighted by molar-refractivity contribution is 9.10. The van der Waals surface area contributed by atoms with Crippen LogP contribution in [0.3, 0.4) is 0 Å². The smallest absolute Gasteiger partial charge is 0.325 e. The summed E-state index contributed by atoms with van der Waals surface area (Å²) in [4.78, 5) is 13.5. The van der Waals surface area contributed by atoms with Gasteiger partial charge in [0, 0.05) is 0 Å². The van der Waals surface area contributed by atoms with Gasteiger partial charge in [-0.2, -0.15) is 0 Å². The number of carbonyl (C=O) groups is 1. The summed E-state index contributed by atoms with van der Waals surface area (Å²) in [6.07, 6.45) is 0. The molecular weight excluding hydrogens is 326 g/mol. The lowest BCUT2D eigenvalue weighted by atomic mass is 10.0. The molecule has 1 aliphatic rings. The number of halogens is 1. The fourth-order valence-electron chi connectivity index (χ4n) is 2.39. The molecule has 0 saturated heterocycles. The first kappa shape index (κ1) is 15.1. The van der Waals surface area contributed by atoms with Gasteiger partial charge < -0.3 is 14.6 Å². The Morgan fingerprint density at radius 2 is 2.00 bits per heavy atom. The lowest BCUT2D eigenvalue weighted by Crippen LogP contribution is -2.34. The molecule has 0 spiro atoms. The van der Waals surface area contributed by atoms with E-state index in [1.165, 1.54) is 0 Å². The molecule has 0 saturated carbocycles. The van der Waals surface area contributed by atoms with E-state index in [1.54, 1.807) is 12.1 Å². The maximum atomic E-state index is 11.6. The second-order valence-corrected chi connectivity index (χ2v) is 5.34. The quantitative estimate of drug-likeness (QED) is 0.890. The van der Waals surface area contributed by atoms with Crippen LogP contribution in [-0.2, 0) is 4.79 Å². The number of hydrogen-bond donors (Lipinski definition) is 1. The highest BCUT2D eigenvalue weighted by Crippen LogP contribution is 2.40. The largest absolute Gasteiger partial charge is 0.486 e. The minimum atomic E-state index is -0.864. The van der Waals surface area contributed by atoms with Gasteiger partial charge in [0.1, 0.15) is 19.3 Å². The van der Waals surface area contributed by atoms with Crippen molar-refractivity contribution < 1.29 is 19.4 Å². The normalized spacial score (nSPS) is 15.2. The van der Waals surface area contributed by atoms with Crippen LogP contribution in [-0.4, -0.2) is 42.3 Å². The number of ether oxygens (including phenoxy) is 2. The zero-order chi connectivity index (χ0) is 14.7. The first-order valence-corrected chi connectivity index (χ1v) is 7.43. The topological polar surface area (TPSA) is 59.0 Å². The van der Waals surface area contributed by atoms with Crippen molar-refractivity contribution in [2.24, 2.45) is 0 Å². The molecule has 0 fully saturated rings. The van der Waals surface area contributed by atoms with Crippen molar-refractivity contribution in [3.63, 3.8) is 0 Å². The van der Waals surface area contributed by atoms with E-state index in [-0.39, 0.29) is 0 Å². The number of carboxylic acid groups (broad SMARTS) is 1. The van der Waals surface area contributed by atoms with Gasteiger partial charge in [0.15, 0.2) is 11.5 Å². The summed E-state index contributed by atoms with van der Waals surface area (Å²) < 4.78 is 11.8. The van der Waals surface area contributed by atoms with E-state index in [1.807, 2.05) is 18.7 Å². The Bertz CT molecular complexity index is 502. The summed E-state index contributed by atoms with van der Waals surface area (Å²) >= 11 is 3.43. The molecule has 1 unspecified atom stereocenters. The molecule has 1 N–H and O–H groups in total. The van der Waals surface area contributed by atoms with E-state index in [9.17, 15) is 9.90 Å². The minimum absolute atomic E-state index is 0.478. The molecule has 1 aliphatic heterocycles. The van der Waals surface area contributed by atoms with Crippen molar-refractivity contribution in [1.29, 1.82) is 0 Å². The van der Waals surface area contributed by atoms with Gasteiger partial charge in [-0.15, -0.1) is 0 Å². The van der Waals surface area contributed by atoms with E-state index in [0.717, 1.165) is 4.47 Å². The van der Waals surface area contributed by atoms with Crippen molar-refractivity contribution >= 4 is 21.9 Å². The highest BCUT2D eigenvalue weighted by atomic mass is 79.9. The molecule has 0 radical (unpaired) electrons. The number of fused-ring (bicyclic) bond motifs is 1. The first-order valence-electron chi connectivity index (χ1n) is 6.64. The summed E-state index contributed by atoms with van der Waals surface area (Å²) in [5.41, 5.74) is 0.692. The van der Waals surface area contributed by atoms with Crippen LogP contribution in [0.5, 0.6) is 11.5 Å². The fourth-order valence-corrected chi connectivity index (χ4v) is 2.96. The number of hydrogen-bond acceptors (Lipinski definition) is 4. The average Bonchev–Trinajstić information content (AvgIpc) is 2.44. The van der Waals surface area contributed by atoms with Gasteiger partial charge in [0.25, 0.3) is 0 Å². The number of likely N-dealkylation sites (N-methyl/N-ethyl adjacent to an activating group) is 1. The molecular formula is C14H18BrNO4. The standard InChI is InChI=1S/C14H18BrNO4/c1-3-16(4-2)12(14(17)18)9-7-10(15)13-11(8-9)19-5-6-20-13/h7-8,12H,3-6H2,1-2H3,(H,17,18). The molecule has 20 heavy (non-hydrogen) atoms. The average molecular weight is 344 g/mol. The van der Waals surface area contributed by atoms with Gasteiger partial charge in [-0.3, -0.25) is 9.69 Å². The van der Waals surface area contributed by atoms with Crippen molar-refractivity contribution in [3.8, 4) is 11.5 Å². The number of carboxylic acids is 1. The zero-order valence-corrected chi connectivity index (χ0v) is 13.1. The summed E-state index contributed by atoms with van der Waals surface area (Å²) in [6.45, 7) is 6.22. The fraction of sp³-hybridized carbons (Fsp3) is 0.500. The molecule has 0 amide bonds. The van der Waals surface area contributed by atoms with Crippen LogP contribution in [0, 0.1) is 0 Å². The van der Waals surface area contributed by atoms with E-state index < -0.39 is 12.0 Å². The lowest BCUT2D eigenvalue weighted by molar-refractivity contribution is -0.143. The Balaban J connectivity index is 2.43. The summed E-state index contributed by atoms with van der Waals surface area (Å²) in [5.74, 6) is 0.375. The Labute approximate surface area is 126 Å². The van der Waals surface area contributed by atoms with Crippen molar-refractivity contribution in [2.75, 3.05) is 26.3 Å². The van der Waals surface area contributed by atoms with Crippen LogP contribution < -0.4 is 9.47 Å². The Kier molecular flexibility index (Phi) is 4.88.